The molecule has 2 aromatic heterocycles. The highest BCUT2D eigenvalue weighted by molar-refractivity contribution is 7.91. The first-order valence-corrected chi connectivity index (χ1v) is 12.9. The van der Waals surface area contributed by atoms with Crippen LogP contribution in [-0.4, -0.2) is 18.4 Å². The molecule has 0 saturated heterocycles. The van der Waals surface area contributed by atoms with Crippen LogP contribution in [0, 0.1) is 0 Å². The van der Waals surface area contributed by atoms with E-state index in [9.17, 15) is 8.42 Å². The van der Waals surface area contributed by atoms with Crippen LogP contribution in [0.5, 0.6) is 0 Å². The molecule has 0 fully saturated rings. The van der Waals surface area contributed by atoms with Gasteiger partial charge in [-0.1, -0.05) is 82.9 Å². The predicted octanol–water partition coefficient (Wildman–Crippen LogP) is 6.86. The lowest BCUT2D eigenvalue weighted by molar-refractivity contribution is 0.554. The monoisotopic (exact) mass is 426 g/mol. The van der Waals surface area contributed by atoms with Gasteiger partial charge in [0, 0.05) is 17.3 Å². The van der Waals surface area contributed by atoms with Gasteiger partial charge >= 0.3 is 0 Å². The minimum atomic E-state index is -3.57. The van der Waals surface area contributed by atoms with Crippen molar-refractivity contribution in [3.05, 3.63) is 54.5 Å². The number of H-pyrrole nitrogens is 1. The maximum atomic E-state index is 13.4. The largest absolute Gasteiger partial charge is 0.356 e. The van der Waals surface area contributed by atoms with Gasteiger partial charge in [0.2, 0.25) is 9.84 Å². The molecule has 0 amide bonds. The molecule has 0 unspecified atom stereocenters. The summed E-state index contributed by atoms with van der Waals surface area (Å²) in [5.41, 5.74) is 1.59. The Hall–Kier alpha value is -2.14. The average Bonchev–Trinajstić information content (AvgIpc) is 3.15. The van der Waals surface area contributed by atoms with E-state index in [0.29, 0.717) is 9.79 Å². The topological polar surface area (TPSA) is 62.8 Å². The molecule has 0 radical (unpaired) electrons. The highest BCUT2D eigenvalue weighted by Gasteiger charge is 2.25. The lowest BCUT2D eigenvalue weighted by Gasteiger charge is -2.07. The number of aromatic amines is 1. The summed E-state index contributed by atoms with van der Waals surface area (Å²) in [6.07, 6.45) is 16.8. The molecule has 162 valence electrons. The summed E-state index contributed by atoms with van der Waals surface area (Å²) in [5, 5.41) is 0.732. The van der Waals surface area contributed by atoms with Crippen molar-refractivity contribution in [1.29, 1.82) is 0 Å². The Balaban J connectivity index is 1.62. The van der Waals surface area contributed by atoms with E-state index in [1.54, 1.807) is 42.7 Å². The Bertz CT molecular complexity index is 1010. The molecular weight excluding hydrogens is 392 g/mol. The van der Waals surface area contributed by atoms with E-state index in [-0.39, 0.29) is 0 Å². The van der Waals surface area contributed by atoms with Crippen LogP contribution in [0.2, 0.25) is 0 Å². The number of hydrogen-bond acceptors (Lipinski definition) is 3. The fourth-order valence-corrected chi connectivity index (χ4v) is 5.76. The third-order valence-corrected chi connectivity index (χ3v) is 7.62. The van der Waals surface area contributed by atoms with E-state index < -0.39 is 9.84 Å². The lowest BCUT2D eigenvalue weighted by Crippen LogP contribution is -2.05. The second-order valence-corrected chi connectivity index (χ2v) is 9.99. The quantitative estimate of drug-likeness (QED) is 0.304. The smallest absolute Gasteiger partial charge is 0.208 e. The molecule has 0 aliphatic carbocycles. The first-order valence-electron chi connectivity index (χ1n) is 11.4. The van der Waals surface area contributed by atoms with Crippen LogP contribution in [0.15, 0.2) is 58.6 Å². The molecule has 0 bridgehead atoms. The third-order valence-electron chi connectivity index (χ3n) is 5.73. The number of fused-ring (bicyclic) bond motifs is 1. The molecule has 3 rings (SSSR count). The summed E-state index contributed by atoms with van der Waals surface area (Å²) in [5.74, 6) is 0. The lowest BCUT2D eigenvalue weighted by atomic mass is 10.1. The molecule has 0 aliphatic heterocycles. The summed E-state index contributed by atoms with van der Waals surface area (Å²) in [7, 11) is -3.57. The van der Waals surface area contributed by atoms with Gasteiger partial charge in [0.05, 0.1) is 16.6 Å². The average molecular weight is 427 g/mol. The van der Waals surface area contributed by atoms with Crippen molar-refractivity contribution in [3.63, 3.8) is 0 Å². The van der Waals surface area contributed by atoms with E-state index in [1.807, 2.05) is 6.07 Å². The van der Waals surface area contributed by atoms with Gasteiger partial charge in [0.25, 0.3) is 0 Å². The highest BCUT2D eigenvalue weighted by atomic mass is 32.2. The number of benzene rings is 1. The Morgan fingerprint density at radius 2 is 1.47 bits per heavy atom. The summed E-state index contributed by atoms with van der Waals surface area (Å²) in [6, 6.07) is 10.5. The number of nitrogens with one attached hydrogen (secondary N) is 1. The van der Waals surface area contributed by atoms with Gasteiger partial charge in [-0.2, -0.15) is 0 Å². The standard InChI is InChI=1S/C25H34N2O2S/c1-2-3-4-5-6-7-8-9-10-14-17-23-25(22-18-19-26-20-24(22)27-23)30(28,29)21-15-12-11-13-16-21/h11-13,15-16,18-20,27H,2-10,14,17H2,1H3. The molecular formula is C25H34N2O2S. The third kappa shape index (κ3) is 5.72. The van der Waals surface area contributed by atoms with Crippen molar-refractivity contribution in [2.45, 2.75) is 87.3 Å². The van der Waals surface area contributed by atoms with Gasteiger partial charge in [-0.25, -0.2) is 8.42 Å². The summed E-state index contributed by atoms with van der Waals surface area (Å²) < 4.78 is 26.7. The summed E-state index contributed by atoms with van der Waals surface area (Å²) >= 11 is 0. The Labute approximate surface area is 181 Å². The van der Waals surface area contributed by atoms with Crippen molar-refractivity contribution >= 4 is 20.7 Å². The number of sulfone groups is 1. The zero-order chi connectivity index (χ0) is 21.2. The molecule has 0 spiro atoms. The van der Waals surface area contributed by atoms with Crippen LogP contribution in [0.25, 0.3) is 10.9 Å². The van der Waals surface area contributed by atoms with Crippen LogP contribution in [0.3, 0.4) is 0 Å². The van der Waals surface area contributed by atoms with Gasteiger partial charge < -0.3 is 4.98 Å². The Morgan fingerprint density at radius 1 is 0.833 bits per heavy atom. The van der Waals surface area contributed by atoms with E-state index in [1.165, 1.54) is 51.4 Å². The molecule has 0 saturated carbocycles. The predicted molar refractivity (Wildman–Crippen MR) is 124 cm³/mol. The minimum absolute atomic E-state index is 0.340. The van der Waals surface area contributed by atoms with Crippen molar-refractivity contribution in [2.24, 2.45) is 0 Å². The fraction of sp³-hybridized carbons (Fsp3) is 0.480. The van der Waals surface area contributed by atoms with E-state index in [2.05, 4.69) is 16.9 Å². The number of rotatable bonds is 13. The maximum Gasteiger partial charge on any atom is 0.208 e. The van der Waals surface area contributed by atoms with Crippen LogP contribution in [0.4, 0.5) is 0 Å². The van der Waals surface area contributed by atoms with Crippen molar-refractivity contribution in [2.75, 3.05) is 0 Å². The SMILES string of the molecule is CCCCCCCCCCCCc1[nH]c2cnccc2c1S(=O)(=O)c1ccccc1. The van der Waals surface area contributed by atoms with Crippen LogP contribution >= 0.6 is 0 Å². The zero-order valence-electron chi connectivity index (χ0n) is 18.1. The second kappa shape index (κ2) is 11.3. The number of hydrogen-bond donors (Lipinski definition) is 1. The Morgan fingerprint density at radius 3 is 2.13 bits per heavy atom. The van der Waals surface area contributed by atoms with Gasteiger partial charge in [0.15, 0.2) is 0 Å². The minimum Gasteiger partial charge on any atom is -0.356 e. The van der Waals surface area contributed by atoms with Gasteiger partial charge in [-0.05, 0) is 31.0 Å². The van der Waals surface area contributed by atoms with Crippen LogP contribution < -0.4 is 0 Å². The highest BCUT2D eigenvalue weighted by Crippen LogP contribution is 2.32. The second-order valence-electron chi connectivity index (χ2n) is 8.10. The Kier molecular flexibility index (Phi) is 8.50. The van der Waals surface area contributed by atoms with E-state index in [4.69, 9.17) is 0 Å². The van der Waals surface area contributed by atoms with E-state index in [0.717, 1.165) is 35.9 Å². The maximum absolute atomic E-state index is 13.4. The van der Waals surface area contributed by atoms with E-state index >= 15 is 0 Å². The zero-order valence-corrected chi connectivity index (χ0v) is 18.9. The fourth-order valence-electron chi connectivity index (χ4n) is 4.06. The molecule has 4 nitrogen and oxygen atoms in total. The van der Waals surface area contributed by atoms with Crippen LogP contribution in [0.1, 0.15) is 76.8 Å². The van der Waals surface area contributed by atoms with Gasteiger partial charge in [-0.15, -0.1) is 0 Å². The molecule has 3 aromatic rings. The molecule has 1 aromatic carbocycles. The molecule has 1 N–H and O–H groups in total. The summed E-state index contributed by atoms with van der Waals surface area (Å²) in [4.78, 5) is 8.24. The first kappa shape index (κ1) is 22.5. The summed E-state index contributed by atoms with van der Waals surface area (Å²) in [6.45, 7) is 2.25. The van der Waals surface area contributed by atoms with Crippen molar-refractivity contribution < 1.29 is 8.42 Å². The van der Waals surface area contributed by atoms with Gasteiger partial charge in [-0.3, -0.25) is 4.98 Å². The number of unbranched alkanes of at least 4 members (excludes halogenated alkanes) is 9. The number of aromatic nitrogens is 2. The normalized spacial score (nSPS) is 11.9. The van der Waals surface area contributed by atoms with Crippen molar-refractivity contribution in [3.8, 4) is 0 Å². The number of aryl methyl sites for hydroxylation is 1. The number of pyridine rings is 1. The molecule has 0 aliphatic rings. The molecule has 2 heterocycles. The number of nitrogens with zero attached hydrogens (tertiary/aromatic N) is 1. The molecule has 5 heteroatoms. The van der Waals surface area contributed by atoms with Gasteiger partial charge in [0.1, 0.15) is 4.90 Å². The van der Waals surface area contributed by atoms with Crippen LogP contribution in [-0.2, 0) is 16.3 Å². The molecule has 0 atom stereocenters. The molecule has 30 heavy (non-hydrogen) atoms. The van der Waals surface area contributed by atoms with Crippen molar-refractivity contribution in [1.82, 2.24) is 9.97 Å². The first-order chi connectivity index (χ1) is 14.6.